The summed E-state index contributed by atoms with van der Waals surface area (Å²) in [4.78, 5) is 16.3. The summed E-state index contributed by atoms with van der Waals surface area (Å²) in [6.45, 7) is 1.69. The Kier molecular flexibility index (Phi) is 4.18. The van der Waals surface area contributed by atoms with Crippen LogP contribution in [0.4, 0.5) is 0 Å². The van der Waals surface area contributed by atoms with E-state index in [1.54, 1.807) is 25.3 Å². The van der Waals surface area contributed by atoms with Gasteiger partial charge in [-0.1, -0.05) is 11.6 Å². The summed E-state index contributed by atoms with van der Waals surface area (Å²) >= 11 is 6.06. The molecule has 0 saturated carbocycles. The van der Waals surface area contributed by atoms with E-state index in [1.807, 2.05) is 6.07 Å². The Morgan fingerprint density at radius 3 is 2.95 bits per heavy atom. The van der Waals surface area contributed by atoms with E-state index < -0.39 is 5.56 Å². The third kappa shape index (κ3) is 2.72. The van der Waals surface area contributed by atoms with Crippen molar-refractivity contribution in [3.63, 3.8) is 0 Å². The molecule has 0 bridgehead atoms. The molecule has 0 aromatic carbocycles. The molecule has 0 aliphatic rings. The second-order valence-corrected chi connectivity index (χ2v) is 4.70. The molecule has 2 heterocycles. The number of hydrogen-bond donors (Lipinski definition) is 1. The van der Waals surface area contributed by atoms with Gasteiger partial charge in [0.15, 0.2) is 0 Å². The van der Waals surface area contributed by atoms with Crippen molar-refractivity contribution in [3.05, 3.63) is 62.3 Å². The zero-order valence-electron chi connectivity index (χ0n) is 10.8. The monoisotopic (exact) mass is 289 g/mol. The molecular weight excluding hydrogens is 278 g/mol. The second kappa shape index (κ2) is 5.87. The minimum Gasteiger partial charge on any atom is -0.392 e. The van der Waals surface area contributed by atoms with E-state index in [4.69, 9.17) is 16.9 Å². The molecule has 2 rings (SSSR count). The summed E-state index contributed by atoms with van der Waals surface area (Å²) in [7, 11) is 0. The van der Waals surface area contributed by atoms with Gasteiger partial charge in [0, 0.05) is 22.5 Å². The lowest BCUT2D eigenvalue weighted by Crippen LogP contribution is -2.23. The average molecular weight is 290 g/mol. The zero-order chi connectivity index (χ0) is 14.7. The second-order valence-electron chi connectivity index (χ2n) is 4.30. The highest BCUT2D eigenvalue weighted by atomic mass is 35.5. The molecule has 0 atom stereocenters. The number of hydrogen-bond acceptors (Lipinski definition) is 4. The molecule has 20 heavy (non-hydrogen) atoms. The lowest BCUT2D eigenvalue weighted by atomic mass is 10.1. The van der Waals surface area contributed by atoms with E-state index in [0.717, 1.165) is 0 Å². The SMILES string of the molecule is Cc1cc(Cl)c(CO)c(Cn2cccc(C#N)c2=O)n1. The Labute approximate surface area is 120 Å². The number of nitriles is 1. The van der Waals surface area contributed by atoms with Crippen LogP contribution in [0.5, 0.6) is 0 Å². The molecule has 0 radical (unpaired) electrons. The van der Waals surface area contributed by atoms with E-state index in [9.17, 15) is 9.90 Å². The molecule has 1 N–H and O–H groups in total. The maximum absolute atomic E-state index is 12.0. The molecule has 0 aliphatic heterocycles. The summed E-state index contributed by atoms with van der Waals surface area (Å²) in [5, 5.41) is 18.6. The van der Waals surface area contributed by atoms with Crippen LogP contribution in [-0.2, 0) is 13.2 Å². The van der Waals surface area contributed by atoms with Crippen molar-refractivity contribution < 1.29 is 5.11 Å². The summed E-state index contributed by atoms with van der Waals surface area (Å²) < 4.78 is 1.37. The highest BCUT2D eigenvalue weighted by Crippen LogP contribution is 2.20. The van der Waals surface area contributed by atoms with E-state index >= 15 is 0 Å². The van der Waals surface area contributed by atoms with E-state index in [-0.39, 0.29) is 18.7 Å². The average Bonchev–Trinajstić information content (AvgIpc) is 2.41. The number of aliphatic hydroxyl groups excluding tert-OH is 1. The third-order valence-corrected chi connectivity index (χ3v) is 3.24. The van der Waals surface area contributed by atoms with Gasteiger partial charge >= 0.3 is 0 Å². The number of rotatable bonds is 3. The van der Waals surface area contributed by atoms with Gasteiger partial charge in [-0.15, -0.1) is 0 Å². The maximum Gasteiger partial charge on any atom is 0.268 e. The number of halogens is 1. The maximum atomic E-state index is 12.0. The fraction of sp³-hybridized carbons (Fsp3) is 0.214. The minimum absolute atomic E-state index is 0.0665. The molecule has 2 aromatic heterocycles. The van der Waals surface area contributed by atoms with Gasteiger partial charge in [-0.05, 0) is 25.1 Å². The van der Waals surface area contributed by atoms with Crippen LogP contribution in [0.25, 0.3) is 0 Å². The van der Waals surface area contributed by atoms with Crippen molar-refractivity contribution >= 4 is 11.6 Å². The minimum atomic E-state index is -0.390. The van der Waals surface area contributed by atoms with Crippen LogP contribution in [-0.4, -0.2) is 14.7 Å². The first-order valence-electron chi connectivity index (χ1n) is 5.92. The molecule has 0 amide bonds. The van der Waals surface area contributed by atoms with Gasteiger partial charge in [-0.2, -0.15) is 5.26 Å². The molecular formula is C14H12ClN3O2. The Morgan fingerprint density at radius 2 is 2.30 bits per heavy atom. The van der Waals surface area contributed by atoms with Gasteiger partial charge < -0.3 is 9.67 Å². The predicted octanol–water partition coefficient (Wildman–Crippen LogP) is 1.62. The standard InChI is InChI=1S/C14H12ClN3O2/c1-9-5-12(15)11(8-19)13(17-9)7-18-4-2-3-10(6-16)14(18)20/h2-5,19H,7-8H2,1H3. The highest BCUT2D eigenvalue weighted by Gasteiger charge is 2.11. The quantitative estimate of drug-likeness (QED) is 0.931. The Morgan fingerprint density at radius 1 is 1.55 bits per heavy atom. The van der Waals surface area contributed by atoms with E-state index in [0.29, 0.717) is 22.0 Å². The summed E-state index contributed by atoms with van der Waals surface area (Å²) in [6.07, 6.45) is 1.57. The first kappa shape index (κ1) is 14.3. The number of aryl methyl sites for hydroxylation is 1. The normalized spacial score (nSPS) is 10.3. The van der Waals surface area contributed by atoms with Gasteiger partial charge in [0.05, 0.1) is 18.8 Å². The van der Waals surface area contributed by atoms with Crippen LogP contribution in [0.15, 0.2) is 29.2 Å². The van der Waals surface area contributed by atoms with Crippen molar-refractivity contribution in [2.24, 2.45) is 0 Å². The number of aromatic nitrogens is 2. The van der Waals surface area contributed by atoms with Crippen molar-refractivity contribution in [1.29, 1.82) is 5.26 Å². The fourth-order valence-electron chi connectivity index (χ4n) is 1.93. The Balaban J connectivity index is 2.51. The first-order valence-corrected chi connectivity index (χ1v) is 6.30. The van der Waals surface area contributed by atoms with Gasteiger partial charge in [-0.25, -0.2) is 0 Å². The van der Waals surface area contributed by atoms with Gasteiger partial charge in [0.1, 0.15) is 11.6 Å². The molecule has 0 spiro atoms. The highest BCUT2D eigenvalue weighted by molar-refractivity contribution is 6.31. The van der Waals surface area contributed by atoms with Crippen molar-refractivity contribution in [2.45, 2.75) is 20.1 Å². The molecule has 5 nitrogen and oxygen atoms in total. The Hall–Kier alpha value is -2.16. The summed E-state index contributed by atoms with van der Waals surface area (Å²) in [6, 6.07) is 6.58. The largest absolute Gasteiger partial charge is 0.392 e. The van der Waals surface area contributed by atoms with Crippen molar-refractivity contribution in [1.82, 2.24) is 9.55 Å². The lowest BCUT2D eigenvalue weighted by molar-refractivity contribution is 0.279. The van der Waals surface area contributed by atoms with E-state index in [1.165, 1.54) is 10.6 Å². The summed E-state index contributed by atoms with van der Waals surface area (Å²) in [5.41, 5.74) is 1.39. The number of nitrogens with zero attached hydrogens (tertiary/aromatic N) is 3. The van der Waals surface area contributed by atoms with Gasteiger partial charge in [-0.3, -0.25) is 9.78 Å². The van der Waals surface area contributed by atoms with Crippen molar-refractivity contribution in [3.8, 4) is 6.07 Å². The smallest absolute Gasteiger partial charge is 0.268 e. The first-order chi connectivity index (χ1) is 9.56. The van der Waals surface area contributed by atoms with E-state index in [2.05, 4.69) is 4.98 Å². The van der Waals surface area contributed by atoms with Crippen LogP contribution in [0.1, 0.15) is 22.5 Å². The topological polar surface area (TPSA) is 78.9 Å². The number of aliphatic hydroxyl groups is 1. The van der Waals surface area contributed by atoms with Gasteiger partial charge in [0.25, 0.3) is 5.56 Å². The fourth-order valence-corrected chi connectivity index (χ4v) is 2.25. The van der Waals surface area contributed by atoms with Crippen LogP contribution >= 0.6 is 11.6 Å². The van der Waals surface area contributed by atoms with Crippen LogP contribution < -0.4 is 5.56 Å². The molecule has 0 aliphatic carbocycles. The van der Waals surface area contributed by atoms with Crippen molar-refractivity contribution in [2.75, 3.05) is 0 Å². The molecule has 0 fully saturated rings. The van der Waals surface area contributed by atoms with Crippen LogP contribution in [0.3, 0.4) is 0 Å². The zero-order valence-corrected chi connectivity index (χ0v) is 11.6. The third-order valence-electron chi connectivity index (χ3n) is 2.90. The molecule has 102 valence electrons. The molecule has 0 unspecified atom stereocenters. The summed E-state index contributed by atoms with van der Waals surface area (Å²) in [5.74, 6) is 0. The lowest BCUT2D eigenvalue weighted by Gasteiger charge is -2.11. The molecule has 0 saturated heterocycles. The van der Waals surface area contributed by atoms with Gasteiger partial charge in [0.2, 0.25) is 0 Å². The molecule has 2 aromatic rings. The number of pyridine rings is 2. The molecule has 6 heteroatoms. The Bertz CT molecular complexity index is 747. The van der Waals surface area contributed by atoms with Crippen LogP contribution in [0, 0.1) is 18.3 Å². The predicted molar refractivity (Wildman–Crippen MR) is 74.4 cm³/mol. The van der Waals surface area contributed by atoms with Crippen LogP contribution in [0.2, 0.25) is 5.02 Å².